The van der Waals surface area contributed by atoms with Crippen LogP contribution in [0.1, 0.15) is 248 Å². The maximum atomic E-state index is 11.6. The molecular formula is C50H98Fe2N4O9+4. The third-order valence-corrected chi connectivity index (χ3v) is 11.0. The van der Waals surface area contributed by atoms with Crippen LogP contribution in [0.25, 0.3) is 0 Å². The first-order valence-electron chi connectivity index (χ1n) is 25.9. The number of unbranched alkanes of at least 4 members (excludes halogenated alkanes) is 4. The predicted molar refractivity (Wildman–Crippen MR) is 256 cm³/mol. The third kappa shape index (κ3) is 43.2. The van der Waals surface area contributed by atoms with Crippen molar-refractivity contribution in [2.75, 3.05) is 26.2 Å². The summed E-state index contributed by atoms with van der Waals surface area (Å²) >= 11 is 0. The topological polar surface area (TPSA) is 183 Å². The molecule has 0 spiro atoms. The average molecular weight is 1010 g/mol. The molecule has 0 aromatic carbocycles. The Morgan fingerprint density at radius 3 is 1.09 bits per heavy atom. The Bertz CT molecular complexity index is 1060. The molecule has 13 nitrogen and oxygen atoms in total. The zero-order chi connectivity index (χ0) is 47.9. The number of carbonyl (C=O) groups excluding carboxylic acids is 5. The van der Waals surface area contributed by atoms with Gasteiger partial charge in [-0.05, 0) is 89.4 Å². The Balaban J connectivity index is -0.000000241. The van der Waals surface area contributed by atoms with E-state index >= 15 is 0 Å². The smallest absolute Gasteiger partial charge is 0.481 e. The first kappa shape index (κ1) is 72.1. The molecule has 4 saturated carbocycles. The molecular weight excluding hydrogens is 912 g/mol. The van der Waals surface area contributed by atoms with E-state index in [0.717, 1.165) is 70.0 Å². The molecule has 0 unspecified atom stereocenters. The Hall–Kier alpha value is -1.86. The van der Waals surface area contributed by atoms with Crippen LogP contribution < -0.4 is 10.6 Å². The first-order valence-corrected chi connectivity index (χ1v) is 25.9. The molecule has 2 aliphatic heterocycles. The summed E-state index contributed by atoms with van der Waals surface area (Å²) in [6.45, 7) is 20.3. The van der Waals surface area contributed by atoms with Gasteiger partial charge in [0.1, 0.15) is 0 Å². The summed E-state index contributed by atoms with van der Waals surface area (Å²) < 4.78 is 0. The molecule has 0 atom stereocenters. The minimum atomic E-state index is -0.672. The number of rotatable bonds is 17. The van der Waals surface area contributed by atoms with Crippen molar-refractivity contribution in [3.05, 3.63) is 0 Å². The van der Waals surface area contributed by atoms with Crippen molar-refractivity contribution in [1.29, 1.82) is 0 Å². The van der Waals surface area contributed by atoms with E-state index in [0.29, 0.717) is 11.5 Å². The molecule has 6 rings (SSSR count). The SMILES string of the molecule is C1CCCC1.C1CCCC1.CC.CC.CC.CC.O=C(CCCCCNCC1CCCC1)ON1C(=O)CCC1=O.O=C(O)CCCCCNCC1CCCC1.O=C1CCC(=O)N1O.[Fe+2].[Fe+2]. The second kappa shape index (κ2) is 54.7. The van der Waals surface area contributed by atoms with E-state index in [1.54, 1.807) is 0 Å². The summed E-state index contributed by atoms with van der Waals surface area (Å²) in [6.07, 6.45) is 32.9. The fourth-order valence-corrected chi connectivity index (χ4v) is 7.58. The Morgan fingerprint density at radius 2 is 0.800 bits per heavy atom. The molecule has 65 heavy (non-hydrogen) atoms. The van der Waals surface area contributed by atoms with Gasteiger partial charge in [-0.1, -0.05) is 158 Å². The largest absolute Gasteiger partial charge is 2.00 e. The zero-order valence-corrected chi connectivity index (χ0v) is 44.8. The van der Waals surface area contributed by atoms with Crippen LogP contribution in [0.15, 0.2) is 0 Å². The molecule has 15 heteroatoms. The monoisotopic (exact) mass is 1010 g/mol. The standard InChI is InChI=1S/C16H26N2O4.C12H23NO2.2C5H10.C4H5NO3.4C2H6.2Fe/c19-14-9-10-15(20)18(14)22-16(21)8-2-1-5-11-17-12-13-6-3-4-7-13;14-12(15)8-2-1-5-9-13-10-11-6-3-4-7-11;2*1-2-4-5-3-1;6-3-1-2-4(7)5(3)8;4*1-2;;/h13,17H,1-12H2;11,13H,1-10H2,(H,14,15);2*1-5H2;8H,1-2H2;4*1-2H3;;/q;;;;;;;;;2*+2. The van der Waals surface area contributed by atoms with Crippen LogP contribution in [-0.4, -0.2) is 82.2 Å². The quantitative estimate of drug-likeness (QED) is 0.0471. The number of carboxylic acid groups (broad SMARTS) is 1. The van der Waals surface area contributed by atoms with Gasteiger partial charge < -0.3 is 20.6 Å². The molecule has 4 amide bonds. The van der Waals surface area contributed by atoms with Gasteiger partial charge in [0, 0.05) is 38.5 Å². The molecule has 384 valence electrons. The van der Waals surface area contributed by atoms with Crippen LogP contribution in [-0.2, 0) is 67.7 Å². The van der Waals surface area contributed by atoms with Gasteiger partial charge in [0.05, 0.1) is 0 Å². The number of nitrogens with zero attached hydrogens (tertiary/aromatic N) is 2. The number of carbonyl (C=O) groups is 6. The van der Waals surface area contributed by atoms with Gasteiger partial charge in [0.25, 0.3) is 23.6 Å². The Kier molecular flexibility index (Phi) is 60.7. The minimum Gasteiger partial charge on any atom is -0.481 e. The van der Waals surface area contributed by atoms with Crippen LogP contribution in [0, 0.1) is 11.8 Å². The molecule has 4 N–H and O–H groups in total. The number of hydroxylamine groups is 4. The van der Waals surface area contributed by atoms with E-state index in [-0.39, 0.29) is 71.3 Å². The van der Waals surface area contributed by atoms with E-state index < -0.39 is 35.6 Å². The van der Waals surface area contributed by atoms with Gasteiger partial charge in [-0.2, -0.15) is 5.06 Å². The number of hydrogen-bond donors (Lipinski definition) is 4. The van der Waals surface area contributed by atoms with Gasteiger partial charge >= 0.3 is 46.1 Å². The van der Waals surface area contributed by atoms with Gasteiger partial charge in [-0.3, -0.25) is 29.2 Å². The van der Waals surface area contributed by atoms with E-state index in [1.807, 2.05) is 55.4 Å². The van der Waals surface area contributed by atoms with Crippen LogP contribution in [0.3, 0.4) is 0 Å². The second-order valence-corrected chi connectivity index (χ2v) is 15.9. The minimum absolute atomic E-state index is 0. The van der Waals surface area contributed by atoms with Crippen molar-refractivity contribution in [2.45, 2.75) is 248 Å². The van der Waals surface area contributed by atoms with E-state index in [9.17, 15) is 28.8 Å². The van der Waals surface area contributed by atoms with Crippen molar-refractivity contribution in [2.24, 2.45) is 11.8 Å². The molecule has 0 radical (unpaired) electrons. The van der Waals surface area contributed by atoms with Gasteiger partial charge in [0.15, 0.2) is 0 Å². The fourth-order valence-electron chi connectivity index (χ4n) is 7.58. The zero-order valence-electron chi connectivity index (χ0n) is 42.6. The van der Waals surface area contributed by atoms with Crippen LogP contribution in [0.5, 0.6) is 0 Å². The Labute approximate surface area is 418 Å². The maximum absolute atomic E-state index is 11.6. The molecule has 0 bridgehead atoms. The Morgan fingerprint density at radius 1 is 0.492 bits per heavy atom. The molecule has 0 aromatic heterocycles. The van der Waals surface area contributed by atoms with Crippen LogP contribution >= 0.6 is 0 Å². The molecule has 4 aliphatic carbocycles. The number of imide groups is 2. The number of nitrogens with one attached hydrogen (secondary N) is 2. The van der Waals surface area contributed by atoms with Crippen molar-refractivity contribution < 1.29 is 78.1 Å². The molecule has 6 aliphatic rings. The molecule has 0 aromatic rings. The summed E-state index contributed by atoms with van der Waals surface area (Å²) in [7, 11) is 0. The summed E-state index contributed by atoms with van der Waals surface area (Å²) in [4.78, 5) is 69.7. The normalized spacial score (nSPS) is 17.0. The summed E-state index contributed by atoms with van der Waals surface area (Å²) in [6, 6.07) is 0. The van der Waals surface area contributed by atoms with E-state index in [4.69, 9.17) is 15.2 Å². The number of carboxylic acids is 1. The average Bonchev–Trinajstić information content (AvgIpc) is 4.19. The first-order chi connectivity index (χ1) is 30.7. The van der Waals surface area contributed by atoms with E-state index in [2.05, 4.69) is 10.6 Å². The molecule has 2 saturated heterocycles. The van der Waals surface area contributed by atoms with Crippen LogP contribution in [0.4, 0.5) is 0 Å². The van der Waals surface area contributed by atoms with Gasteiger partial charge in [-0.25, -0.2) is 4.79 Å². The van der Waals surface area contributed by atoms with E-state index in [1.165, 1.54) is 122 Å². The van der Waals surface area contributed by atoms with Gasteiger partial charge in [0.2, 0.25) is 0 Å². The predicted octanol–water partition coefficient (Wildman–Crippen LogP) is 11.9. The fraction of sp³-hybridized carbons (Fsp3) is 0.880. The number of amides is 4. The van der Waals surface area contributed by atoms with Gasteiger partial charge in [-0.15, -0.1) is 5.06 Å². The molecule has 2 heterocycles. The van der Waals surface area contributed by atoms with Crippen molar-refractivity contribution in [1.82, 2.24) is 20.8 Å². The van der Waals surface area contributed by atoms with Crippen LogP contribution in [0.2, 0.25) is 0 Å². The summed E-state index contributed by atoms with van der Waals surface area (Å²) in [5, 5.41) is 24.6. The number of hydrogen-bond acceptors (Lipinski definition) is 10. The summed E-state index contributed by atoms with van der Waals surface area (Å²) in [5.41, 5.74) is 0. The van der Waals surface area contributed by atoms with Crippen molar-refractivity contribution >= 4 is 35.6 Å². The van der Waals surface area contributed by atoms with Crippen molar-refractivity contribution in [3.63, 3.8) is 0 Å². The number of aliphatic carboxylic acids is 1. The third-order valence-electron chi connectivity index (χ3n) is 11.0. The van der Waals surface area contributed by atoms with Crippen molar-refractivity contribution in [3.8, 4) is 0 Å². The molecule has 6 fully saturated rings. The summed E-state index contributed by atoms with van der Waals surface area (Å²) in [5.74, 6) is -1.26. The maximum Gasteiger partial charge on any atom is 2.00 e. The second-order valence-electron chi connectivity index (χ2n) is 15.9.